The Morgan fingerprint density at radius 2 is 2.14 bits per heavy atom. The minimum atomic E-state index is -0.783. The summed E-state index contributed by atoms with van der Waals surface area (Å²) in [6, 6.07) is 0.168. The van der Waals surface area contributed by atoms with E-state index in [1.807, 2.05) is 13.8 Å². The fourth-order valence-corrected chi connectivity index (χ4v) is 1.65. The molecule has 4 heteroatoms. The molecule has 80 valence electrons. The first-order valence-corrected chi connectivity index (χ1v) is 5.04. The monoisotopic (exact) mass is 199 g/mol. The van der Waals surface area contributed by atoms with Crippen LogP contribution in [0.1, 0.15) is 33.1 Å². The van der Waals surface area contributed by atoms with Gasteiger partial charge in [0, 0.05) is 24.9 Å². The number of nitrogens with zero attached hydrogens (tertiary/aromatic N) is 1. The van der Waals surface area contributed by atoms with Crippen LogP contribution >= 0.6 is 0 Å². The molecule has 0 radical (unpaired) electrons. The van der Waals surface area contributed by atoms with Crippen LogP contribution in [0.3, 0.4) is 0 Å². The molecule has 1 N–H and O–H groups in total. The quantitative estimate of drug-likeness (QED) is 0.737. The Morgan fingerprint density at radius 3 is 2.50 bits per heavy atom. The average molecular weight is 199 g/mol. The van der Waals surface area contributed by atoms with Gasteiger partial charge >= 0.3 is 5.97 Å². The zero-order valence-electron chi connectivity index (χ0n) is 8.69. The summed E-state index contributed by atoms with van der Waals surface area (Å²) in [5.41, 5.74) is 0. The lowest BCUT2D eigenvalue weighted by atomic mass is 9.96. The maximum Gasteiger partial charge on any atom is 0.303 e. The molecule has 1 aliphatic heterocycles. The van der Waals surface area contributed by atoms with Gasteiger partial charge in [0.15, 0.2) is 0 Å². The molecule has 1 aliphatic rings. The van der Waals surface area contributed by atoms with Gasteiger partial charge in [0.25, 0.3) is 0 Å². The second-order valence-electron chi connectivity index (χ2n) is 4.06. The summed E-state index contributed by atoms with van der Waals surface area (Å²) in [6.45, 7) is 4.53. The SMILES string of the molecule is CC(C)C(=O)N1CCC1CCC(=O)O. The molecule has 0 aliphatic carbocycles. The van der Waals surface area contributed by atoms with Crippen molar-refractivity contribution in [1.29, 1.82) is 0 Å². The largest absolute Gasteiger partial charge is 0.481 e. The van der Waals surface area contributed by atoms with E-state index >= 15 is 0 Å². The third-order valence-corrected chi connectivity index (χ3v) is 2.61. The first-order valence-electron chi connectivity index (χ1n) is 5.04. The Hall–Kier alpha value is -1.06. The number of rotatable bonds is 4. The molecule has 4 nitrogen and oxygen atoms in total. The van der Waals surface area contributed by atoms with Crippen molar-refractivity contribution in [1.82, 2.24) is 4.90 Å². The fourth-order valence-electron chi connectivity index (χ4n) is 1.65. The van der Waals surface area contributed by atoms with Crippen LogP contribution in [-0.4, -0.2) is 34.5 Å². The molecule has 1 atom stereocenters. The van der Waals surface area contributed by atoms with Crippen LogP contribution in [0.4, 0.5) is 0 Å². The lowest BCUT2D eigenvalue weighted by Gasteiger charge is -2.42. The van der Waals surface area contributed by atoms with E-state index in [1.54, 1.807) is 4.90 Å². The van der Waals surface area contributed by atoms with Crippen molar-refractivity contribution >= 4 is 11.9 Å². The second-order valence-corrected chi connectivity index (χ2v) is 4.06. The number of aliphatic carboxylic acids is 1. The highest BCUT2D eigenvalue weighted by Gasteiger charge is 2.32. The molecule has 1 fully saturated rings. The molecule has 1 heterocycles. The van der Waals surface area contributed by atoms with Gasteiger partial charge in [-0.25, -0.2) is 0 Å². The van der Waals surface area contributed by atoms with Crippen LogP contribution in [-0.2, 0) is 9.59 Å². The van der Waals surface area contributed by atoms with Gasteiger partial charge in [0.2, 0.25) is 5.91 Å². The predicted molar refractivity (Wildman–Crippen MR) is 51.8 cm³/mol. The summed E-state index contributed by atoms with van der Waals surface area (Å²) in [4.78, 5) is 23.7. The van der Waals surface area contributed by atoms with Crippen molar-refractivity contribution in [3.63, 3.8) is 0 Å². The molecule has 0 aromatic rings. The van der Waals surface area contributed by atoms with E-state index in [0.29, 0.717) is 6.42 Å². The van der Waals surface area contributed by atoms with Crippen LogP contribution in [0.2, 0.25) is 0 Å². The zero-order chi connectivity index (χ0) is 10.7. The third-order valence-electron chi connectivity index (χ3n) is 2.61. The number of carbonyl (C=O) groups is 2. The Morgan fingerprint density at radius 1 is 1.50 bits per heavy atom. The number of hydrogen-bond donors (Lipinski definition) is 1. The van der Waals surface area contributed by atoms with E-state index < -0.39 is 5.97 Å². The smallest absolute Gasteiger partial charge is 0.303 e. The Labute approximate surface area is 83.9 Å². The molecule has 0 saturated carbocycles. The van der Waals surface area contributed by atoms with Crippen molar-refractivity contribution < 1.29 is 14.7 Å². The average Bonchev–Trinajstić information content (AvgIpc) is 2.01. The van der Waals surface area contributed by atoms with Gasteiger partial charge < -0.3 is 10.0 Å². The number of carbonyl (C=O) groups excluding carboxylic acids is 1. The molecule has 1 saturated heterocycles. The van der Waals surface area contributed by atoms with Crippen molar-refractivity contribution in [2.45, 2.75) is 39.2 Å². The van der Waals surface area contributed by atoms with E-state index in [4.69, 9.17) is 5.11 Å². The van der Waals surface area contributed by atoms with Crippen molar-refractivity contribution in [3.05, 3.63) is 0 Å². The Kier molecular flexibility index (Phi) is 3.49. The van der Waals surface area contributed by atoms with Crippen LogP contribution in [0.15, 0.2) is 0 Å². The number of likely N-dealkylation sites (tertiary alicyclic amines) is 1. The van der Waals surface area contributed by atoms with Gasteiger partial charge in [0.1, 0.15) is 0 Å². The first kappa shape index (κ1) is 11.0. The van der Waals surface area contributed by atoms with Crippen LogP contribution in [0, 0.1) is 5.92 Å². The molecular weight excluding hydrogens is 182 g/mol. The molecule has 0 aromatic carbocycles. The standard InChI is InChI=1S/C10H17NO3/c1-7(2)10(14)11-6-5-8(11)3-4-9(12)13/h7-8H,3-6H2,1-2H3,(H,12,13). The van der Waals surface area contributed by atoms with Gasteiger partial charge in [0.05, 0.1) is 0 Å². The number of amides is 1. The van der Waals surface area contributed by atoms with Gasteiger partial charge in [-0.05, 0) is 12.8 Å². The van der Waals surface area contributed by atoms with Crippen molar-refractivity contribution in [3.8, 4) is 0 Å². The molecular formula is C10H17NO3. The summed E-state index contributed by atoms with van der Waals surface area (Å²) >= 11 is 0. The molecule has 0 spiro atoms. The molecule has 0 bridgehead atoms. The predicted octanol–water partition coefficient (Wildman–Crippen LogP) is 1.11. The summed E-state index contributed by atoms with van der Waals surface area (Å²) in [7, 11) is 0. The third kappa shape index (κ3) is 2.47. The lowest BCUT2D eigenvalue weighted by Crippen LogP contribution is -2.52. The lowest BCUT2D eigenvalue weighted by molar-refractivity contribution is -0.145. The molecule has 1 rings (SSSR count). The maximum absolute atomic E-state index is 11.6. The fraction of sp³-hybridized carbons (Fsp3) is 0.800. The first-order chi connectivity index (χ1) is 6.52. The minimum Gasteiger partial charge on any atom is -0.481 e. The normalized spacial score (nSPS) is 20.8. The second kappa shape index (κ2) is 4.44. The number of carboxylic acids is 1. The van der Waals surface area contributed by atoms with Gasteiger partial charge in [-0.1, -0.05) is 13.8 Å². The van der Waals surface area contributed by atoms with E-state index in [-0.39, 0.29) is 24.3 Å². The van der Waals surface area contributed by atoms with E-state index in [9.17, 15) is 9.59 Å². The molecule has 14 heavy (non-hydrogen) atoms. The summed E-state index contributed by atoms with van der Waals surface area (Å²) < 4.78 is 0. The van der Waals surface area contributed by atoms with Gasteiger partial charge in [-0.15, -0.1) is 0 Å². The number of carboxylic acid groups (broad SMARTS) is 1. The Bertz CT molecular complexity index is 238. The van der Waals surface area contributed by atoms with Gasteiger partial charge in [-0.2, -0.15) is 0 Å². The number of hydrogen-bond acceptors (Lipinski definition) is 2. The molecule has 1 amide bonds. The van der Waals surface area contributed by atoms with Crippen molar-refractivity contribution in [2.24, 2.45) is 5.92 Å². The summed E-state index contributed by atoms with van der Waals surface area (Å²) in [6.07, 6.45) is 1.70. The highest BCUT2D eigenvalue weighted by Crippen LogP contribution is 2.23. The highest BCUT2D eigenvalue weighted by atomic mass is 16.4. The zero-order valence-corrected chi connectivity index (χ0v) is 8.69. The van der Waals surface area contributed by atoms with E-state index in [0.717, 1.165) is 13.0 Å². The minimum absolute atomic E-state index is 0.0163. The maximum atomic E-state index is 11.6. The summed E-state index contributed by atoms with van der Waals surface area (Å²) in [5.74, 6) is -0.622. The molecule has 1 unspecified atom stereocenters. The summed E-state index contributed by atoms with van der Waals surface area (Å²) in [5, 5.41) is 8.51. The van der Waals surface area contributed by atoms with E-state index in [1.165, 1.54) is 0 Å². The van der Waals surface area contributed by atoms with E-state index in [2.05, 4.69) is 0 Å². The van der Waals surface area contributed by atoms with Crippen LogP contribution in [0.25, 0.3) is 0 Å². The topological polar surface area (TPSA) is 57.6 Å². The van der Waals surface area contributed by atoms with Crippen molar-refractivity contribution in [2.75, 3.05) is 6.54 Å². The Balaban J connectivity index is 2.35. The van der Waals surface area contributed by atoms with Gasteiger partial charge in [-0.3, -0.25) is 9.59 Å². The molecule has 0 aromatic heterocycles. The highest BCUT2D eigenvalue weighted by molar-refractivity contribution is 5.79. The van der Waals surface area contributed by atoms with Crippen LogP contribution in [0.5, 0.6) is 0 Å². The van der Waals surface area contributed by atoms with Crippen LogP contribution < -0.4 is 0 Å².